The Kier molecular flexibility index (Phi) is 3.78. The van der Waals surface area contributed by atoms with Crippen LogP contribution in [0.3, 0.4) is 0 Å². The summed E-state index contributed by atoms with van der Waals surface area (Å²) < 4.78 is 4.56. The zero-order valence-corrected chi connectivity index (χ0v) is 9.45. The average molecular weight is 233 g/mol. The zero-order chi connectivity index (χ0) is 10.7. The summed E-state index contributed by atoms with van der Waals surface area (Å²) in [5, 5.41) is 1.09. The van der Waals surface area contributed by atoms with E-state index in [1.807, 2.05) is 6.92 Å². The van der Waals surface area contributed by atoms with E-state index in [0.29, 0.717) is 10.0 Å². The minimum absolute atomic E-state index is 0.197. The predicted molar refractivity (Wildman–Crippen MR) is 56.9 cm³/mol. The summed E-state index contributed by atoms with van der Waals surface area (Å²) in [6.45, 7) is 1.84. The van der Waals surface area contributed by atoms with Crippen molar-refractivity contribution in [2.75, 3.05) is 7.11 Å². The third-order valence-corrected chi connectivity index (χ3v) is 2.59. The first kappa shape index (κ1) is 11.3. The van der Waals surface area contributed by atoms with Crippen LogP contribution in [0, 0.1) is 6.92 Å². The van der Waals surface area contributed by atoms with E-state index in [1.54, 1.807) is 12.1 Å². The molecule has 0 heterocycles. The Labute approximate surface area is 92.8 Å². The van der Waals surface area contributed by atoms with E-state index in [1.165, 1.54) is 7.11 Å². The van der Waals surface area contributed by atoms with Crippen molar-refractivity contribution >= 4 is 29.2 Å². The molecule has 1 aromatic rings. The zero-order valence-electron chi connectivity index (χ0n) is 7.93. The second-order valence-electron chi connectivity index (χ2n) is 2.92. The van der Waals surface area contributed by atoms with Crippen LogP contribution < -0.4 is 0 Å². The lowest BCUT2D eigenvalue weighted by atomic mass is 10.1. The highest BCUT2D eigenvalue weighted by Gasteiger charge is 2.09. The van der Waals surface area contributed by atoms with Crippen molar-refractivity contribution in [3.05, 3.63) is 33.3 Å². The molecule has 0 aliphatic heterocycles. The van der Waals surface area contributed by atoms with Gasteiger partial charge < -0.3 is 4.74 Å². The Morgan fingerprint density at radius 1 is 1.43 bits per heavy atom. The number of halogens is 2. The normalized spacial score (nSPS) is 10.0. The van der Waals surface area contributed by atoms with Crippen molar-refractivity contribution in [2.24, 2.45) is 0 Å². The lowest BCUT2D eigenvalue weighted by molar-refractivity contribution is -0.139. The summed E-state index contributed by atoms with van der Waals surface area (Å²) in [6, 6.07) is 3.37. The van der Waals surface area contributed by atoms with Gasteiger partial charge in [-0.1, -0.05) is 23.2 Å². The molecule has 14 heavy (non-hydrogen) atoms. The van der Waals surface area contributed by atoms with Gasteiger partial charge in [0.15, 0.2) is 0 Å². The Bertz CT molecular complexity index is 361. The van der Waals surface area contributed by atoms with Crippen LogP contribution in [0.4, 0.5) is 0 Å². The summed E-state index contributed by atoms with van der Waals surface area (Å²) >= 11 is 11.7. The average Bonchev–Trinajstić information content (AvgIpc) is 2.13. The number of methoxy groups -OCH3 is 1. The first-order chi connectivity index (χ1) is 6.54. The van der Waals surface area contributed by atoms with Crippen LogP contribution in [-0.4, -0.2) is 13.1 Å². The molecular weight excluding hydrogens is 223 g/mol. The van der Waals surface area contributed by atoms with Gasteiger partial charge in [-0.15, -0.1) is 0 Å². The van der Waals surface area contributed by atoms with Gasteiger partial charge in [0.1, 0.15) is 0 Å². The number of carbonyl (C=O) groups excluding carboxylic acids is 1. The number of carbonyl (C=O) groups is 1. The monoisotopic (exact) mass is 232 g/mol. The minimum atomic E-state index is -0.300. The molecule has 0 radical (unpaired) electrons. The second kappa shape index (κ2) is 4.67. The van der Waals surface area contributed by atoms with Crippen molar-refractivity contribution in [2.45, 2.75) is 13.3 Å². The molecule has 0 atom stereocenters. The molecule has 0 saturated carbocycles. The van der Waals surface area contributed by atoms with Gasteiger partial charge in [0.25, 0.3) is 0 Å². The predicted octanol–water partition coefficient (Wildman–Crippen LogP) is 3.02. The fraction of sp³-hybridized carbons (Fsp3) is 0.300. The van der Waals surface area contributed by atoms with Crippen LogP contribution >= 0.6 is 23.2 Å². The van der Waals surface area contributed by atoms with E-state index in [0.717, 1.165) is 11.1 Å². The van der Waals surface area contributed by atoms with Crippen molar-refractivity contribution in [1.82, 2.24) is 0 Å². The van der Waals surface area contributed by atoms with Gasteiger partial charge >= 0.3 is 5.97 Å². The van der Waals surface area contributed by atoms with Crippen molar-refractivity contribution in [1.29, 1.82) is 0 Å². The topological polar surface area (TPSA) is 26.3 Å². The molecule has 4 heteroatoms. The Hall–Kier alpha value is -0.730. The van der Waals surface area contributed by atoms with Crippen LogP contribution in [0.1, 0.15) is 11.1 Å². The number of esters is 1. The van der Waals surface area contributed by atoms with E-state index < -0.39 is 0 Å². The van der Waals surface area contributed by atoms with Crippen molar-refractivity contribution in [3.8, 4) is 0 Å². The molecule has 0 amide bonds. The van der Waals surface area contributed by atoms with Crippen LogP contribution in [-0.2, 0) is 16.0 Å². The van der Waals surface area contributed by atoms with Gasteiger partial charge in [0, 0.05) is 10.0 Å². The van der Waals surface area contributed by atoms with Crippen molar-refractivity contribution < 1.29 is 9.53 Å². The largest absolute Gasteiger partial charge is 0.469 e. The van der Waals surface area contributed by atoms with E-state index in [-0.39, 0.29) is 12.4 Å². The molecule has 0 N–H and O–H groups in total. The molecule has 0 aliphatic rings. The van der Waals surface area contributed by atoms with Crippen molar-refractivity contribution in [3.63, 3.8) is 0 Å². The summed E-state index contributed by atoms with van der Waals surface area (Å²) in [5.41, 5.74) is 1.66. The van der Waals surface area contributed by atoms with E-state index in [2.05, 4.69) is 4.74 Å². The maximum atomic E-state index is 11.0. The molecule has 0 aromatic heterocycles. The van der Waals surface area contributed by atoms with Crippen LogP contribution in [0.2, 0.25) is 10.0 Å². The maximum absolute atomic E-state index is 11.0. The molecule has 0 saturated heterocycles. The number of hydrogen-bond donors (Lipinski definition) is 0. The van der Waals surface area contributed by atoms with Gasteiger partial charge in [-0.3, -0.25) is 4.79 Å². The molecular formula is C10H10Cl2O2. The van der Waals surface area contributed by atoms with Crippen LogP contribution in [0.15, 0.2) is 12.1 Å². The van der Waals surface area contributed by atoms with Crippen LogP contribution in [0.5, 0.6) is 0 Å². The lowest BCUT2D eigenvalue weighted by Crippen LogP contribution is -2.06. The Balaban J connectivity index is 3.02. The molecule has 0 aliphatic carbocycles. The number of benzene rings is 1. The molecule has 0 spiro atoms. The second-order valence-corrected chi connectivity index (χ2v) is 3.77. The molecule has 2 nitrogen and oxygen atoms in total. The highest BCUT2D eigenvalue weighted by Crippen LogP contribution is 2.24. The molecule has 1 rings (SSSR count). The highest BCUT2D eigenvalue weighted by atomic mass is 35.5. The third kappa shape index (κ3) is 2.63. The van der Waals surface area contributed by atoms with Gasteiger partial charge in [0.05, 0.1) is 13.5 Å². The molecule has 0 unspecified atom stereocenters. The number of rotatable bonds is 2. The maximum Gasteiger partial charge on any atom is 0.309 e. The third-order valence-electron chi connectivity index (χ3n) is 1.98. The number of hydrogen-bond acceptors (Lipinski definition) is 2. The minimum Gasteiger partial charge on any atom is -0.469 e. The molecule has 0 fully saturated rings. The van der Waals surface area contributed by atoms with Gasteiger partial charge in [-0.05, 0) is 30.2 Å². The van der Waals surface area contributed by atoms with Gasteiger partial charge in [-0.2, -0.15) is 0 Å². The molecule has 1 aromatic carbocycles. The quantitative estimate of drug-likeness (QED) is 0.734. The Morgan fingerprint density at radius 3 is 2.64 bits per heavy atom. The van der Waals surface area contributed by atoms with E-state index in [9.17, 15) is 4.79 Å². The Morgan fingerprint density at radius 2 is 2.07 bits per heavy atom. The standard InChI is InChI=1S/C10H10Cl2O2/c1-6-7(4-10(13)14-2)3-8(11)5-9(6)12/h3,5H,4H2,1-2H3. The molecule has 76 valence electrons. The first-order valence-corrected chi connectivity index (χ1v) is 4.81. The fourth-order valence-corrected chi connectivity index (χ4v) is 1.65. The summed E-state index contributed by atoms with van der Waals surface area (Å²) in [7, 11) is 1.35. The lowest BCUT2D eigenvalue weighted by Gasteiger charge is -2.07. The first-order valence-electron chi connectivity index (χ1n) is 4.06. The van der Waals surface area contributed by atoms with Gasteiger partial charge in [-0.25, -0.2) is 0 Å². The SMILES string of the molecule is COC(=O)Cc1cc(Cl)cc(Cl)c1C. The summed E-state index contributed by atoms with van der Waals surface area (Å²) in [6.07, 6.45) is 0.197. The van der Waals surface area contributed by atoms with E-state index in [4.69, 9.17) is 23.2 Å². The fourth-order valence-electron chi connectivity index (χ4n) is 1.11. The van der Waals surface area contributed by atoms with E-state index >= 15 is 0 Å². The van der Waals surface area contributed by atoms with Gasteiger partial charge in [0.2, 0.25) is 0 Å². The van der Waals surface area contributed by atoms with Crippen LogP contribution in [0.25, 0.3) is 0 Å². The smallest absolute Gasteiger partial charge is 0.309 e. The summed E-state index contributed by atoms with van der Waals surface area (Å²) in [5.74, 6) is -0.300. The summed E-state index contributed by atoms with van der Waals surface area (Å²) in [4.78, 5) is 11.0. The highest BCUT2D eigenvalue weighted by molar-refractivity contribution is 6.35. The molecule has 0 bridgehead atoms. The number of ether oxygens (including phenoxy) is 1.